The summed E-state index contributed by atoms with van der Waals surface area (Å²) in [5, 5.41) is 6.68. The van der Waals surface area contributed by atoms with Crippen molar-refractivity contribution in [3.8, 4) is 34.7 Å². The SMILES string of the molecule is COc1cc(COc2nn(-c3ccccc3)cc2/C=C/c2cscn2)ccc1OCc1nc(-c2ccco2)oc1C. The van der Waals surface area contributed by atoms with Crippen LogP contribution >= 0.6 is 11.3 Å². The Morgan fingerprint density at radius 2 is 1.88 bits per heavy atom. The fraction of sp³-hybridized carbons (Fsp3) is 0.129. The fourth-order valence-corrected chi connectivity index (χ4v) is 4.60. The molecule has 0 saturated carbocycles. The van der Waals surface area contributed by atoms with Crippen molar-refractivity contribution in [2.75, 3.05) is 7.11 Å². The van der Waals surface area contributed by atoms with Gasteiger partial charge in [0.05, 0.1) is 35.8 Å². The number of nitrogens with zero attached hydrogens (tertiary/aromatic N) is 4. The van der Waals surface area contributed by atoms with Crippen molar-refractivity contribution in [3.05, 3.63) is 112 Å². The summed E-state index contributed by atoms with van der Waals surface area (Å²) in [6.45, 7) is 2.35. The number of oxazole rings is 1. The first-order chi connectivity index (χ1) is 20.2. The van der Waals surface area contributed by atoms with Crippen LogP contribution in [-0.2, 0) is 13.2 Å². The first-order valence-corrected chi connectivity index (χ1v) is 13.7. The maximum atomic E-state index is 6.19. The molecule has 0 aliphatic rings. The van der Waals surface area contributed by atoms with Crippen molar-refractivity contribution in [3.63, 3.8) is 0 Å². The van der Waals surface area contributed by atoms with Crippen LogP contribution in [0.4, 0.5) is 0 Å². The predicted molar refractivity (Wildman–Crippen MR) is 155 cm³/mol. The summed E-state index contributed by atoms with van der Waals surface area (Å²) >= 11 is 1.55. The van der Waals surface area contributed by atoms with Gasteiger partial charge in [0.2, 0.25) is 5.88 Å². The molecule has 0 unspecified atom stereocenters. The summed E-state index contributed by atoms with van der Waals surface area (Å²) in [5.74, 6) is 3.32. The lowest BCUT2D eigenvalue weighted by Gasteiger charge is -2.12. The highest BCUT2D eigenvalue weighted by molar-refractivity contribution is 7.07. The molecule has 4 aromatic heterocycles. The highest BCUT2D eigenvalue weighted by Crippen LogP contribution is 2.31. The summed E-state index contributed by atoms with van der Waals surface area (Å²) in [6, 6.07) is 19.2. The van der Waals surface area contributed by atoms with Crippen LogP contribution in [0.15, 0.2) is 92.8 Å². The normalized spacial score (nSPS) is 11.3. The topological polar surface area (TPSA) is 97.6 Å². The Kier molecular flexibility index (Phi) is 7.63. The van der Waals surface area contributed by atoms with Gasteiger partial charge < -0.3 is 23.0 Å². The smallest absolute Gasteiger partial charge is 0.263 e. The van der Waals surface area contributed by atoms with Gasteiger partial charge in [0.15, 0.2) is 17.3 Å². The third-order valence-corrected chi connectivity index (χ3v) is 6.81. The second-order valence-corrected chi connectivity index (χ2v) is 9.70. The Bertz CT molecular complexity index is 1740. The number of benzene rings is 2. The van der Waals surface area contributed by atoms with Crippen molar-refractivity contribution in [2.45, 2.75) is 20.1 Å². The third-order valence-electron chi connectivity index (χ3n) is 6.21. The van der Waals surface area contributed by atoms with Gasteiger partial charge in [-0.05, 0) is 61.0 Å². The molecule has 206 valence electrons. The zero-order valence-corrected chi connectivity index (χ0v) is 23.2. The molecule has 2 aromatic carbocycles. The molecule has 0 aliphatic heterocycles. The number of hydrogen-bond acceptors (Lipinski definition) is 9. The second-order valence-electron chi connectivity index (χ2n) is 8.98. The number of aryl methyl sites for hydroxylation is 1. The average molecular weight is 567 g/mol. The van der Waals surface area contributed by atoms with Crippen LogP contribution in [-0.4, -0.2) is 26.9 Å². The molecule has 0 aliphatic carbocycles. The standard InChI is InChI=1S/C31H26N4O5S/c1-21-26(33-31(40-21)28-9-6-14-37-28)18-38-27-13-10-22(15-29(27)36-2)17-39-30-23(11-12-24-19-41-20-32-24)16-35(34-30)25-7-4-3-5-8-25/h3-16,19-20H,17-18H2,1-2H3/b12-11+. The molecule has 9 nitrogen and oxygen atoms in total. The van der Waals surface area contributed by atoms with Crippen molar-refractivity contribution in [1.82, 2.24) is 19.7 Å². The molecule has 0 atom stereocenters. The quantitative estimate of drug-likeness (QED) is 0.162. The van der Waals surface area contributed by atoms with E-state index in [-0.39, 0.29) is 13.2 Å². The predicted octanol–water partition coefficient (Wildman–Crippen LogP) is 7.22. The van der Waals surface area contributed by atoms with Crippen LogP contribution in [0, 0.1) is 6.92 Å². The molecule has 0 radical (unpaired) electrons. The van der Waals surface area contributed by atoms with Crippen LogP contribution in [0.2, 0.25) is 0 Å². The Balaban J connectivity index is 1.16. The molecular formula is C31H26N4O5S. The summed E-state index contributed by atoms with van der Waals surface area (Å²) in [7, 11) is 1.60. The second kappa shape index (κ2) is 12.0. The molecule has 0 amide bonds. The minimum Gasteiger partial charge on any atom is -0.493 e. The molecule has 0 saturated heterocycles. The number of para-hydroxylation sites is 1. The first-order valence-electron chi connectivity index (χ1n) is 12.8. The Morgan fingerprint density at radius 3 is 2.66 bits per heavy atom. The molecule has 0 fully saturated rings. The lowest BCUT2D eigenvalue weighted by atomic mass is 10.2. The van der Waals surface area contributed by atoms with Crippen molar-refractivity contribution >= 4 is 23.5 Å². The Hall–Kier alpha value is -5.09. The van der Waals surface area contributed by atoms with Gasteiger partial charge in [-0.1, -0.05) is 24.3 Å². The largest absolute Gasteiger partial charge is 0.493 e. The van der Waals surface area contributed by atoms with Gasteiger partial charge >= 0.3 is 0 Å². The third kappa shape index (κ3) is 6.07. The van der Waals surface area contributed by atoms with Gasteiger partial charge in [-0.3, -0.25) is 0 Å². The molecule has 4 heterocycles. The maximum Gasteiger partial charge on any atom is 0.263 e. The van der Waals surface area contributed by atoms with E-state index in [9.17, 15) is 0 Å². The van der Waals surface area contributed by atoms with Crippen LogP contribution < -0.4 is 14.2 Å². The molecule has 6 rings (SSSR count). The minimum atomic E-state index is 0.216. The number of rotatable bonds is 11. The van der Waals surface area contributed by atoms with Gasteiger partial charge in [-0.2, -0.15) is 0 Å². The van der Waals surface area contributed by atoms with Crippen molar-refractivity contribution in [2.24, 2.45) is 0 Å². The summed E-state index contributed by atoms with van der Waals surface area (Å²) in [5.41, 5.74) is 6.04. The van der Waals surface area contributed by atoms with Crippen LogP contribution in [0.1, 0.15) is 28.3 Å². The number of aromatic nitrogens is 4. The van der Waals surface area contributed by atoms with E-state index < -0.39 is 0 Å². The van der Waals surface area contributed by atoms with Gasteiger partial charge in [-0.25, -0.2) is 14.6 Å². The molecular weight excluding hydrogens is 540 g/mol. The first kappa shape index (κ1) is 26.1. The molecule has 6 aromatic rings. The fourth-order valence-electron chi connectivity index (χ4n) is 4.08. The highest BCUT2D eigenvalue weighted by Gasteiger charge is 2.16. The summed E-state index contributed by atoms with van der Waals surface area (Å²) < 4.78 is 30.7. The van der Waals surface area contributed by atoms with Gasteiger partial charge in [0.25, 0.3) is 5.89 Å². The zero-order valence-electron chi connectivity index (χ0n) is 22.4. The van der Waals surface area contributed by atoms with E-state index in [0.29, 0.717) is 40.5 Å². The van der Waals surface area contributed by atoms with Crippen molar-refractivity contribution in [1.29, 1.82) is 0 Å². The molecule has 0 N–H and O–H groups in total. The van der Waals surface area contributed by atoms with E-state index in [1.54, 1.807) is 47.0 Å². The van der Waals surface area contributed by atoms with E-state index in [2.05, 4.69) is 9.97 Å². The monoisotopic (exact) mass is 566 g/mol. The van der Waals surface area contributed by atoms with E-state index >= 15 is 0 Å². The van der Waals surface area contributed by atoms with E-state index in [0.717, 1.165) is 22.5 Å². The highest BCUT2D eigenvalue weighted by atomic mass is 32.1. The van der Waals surface area contributed by atoms with Crippen molar-refractivity contribution < 1.29 is 23.0 Å². The lowest BCUT2D eigenvalue weighted by molar-refractivity contribution is 0.275. The van der Waals surface area contributed by atoms with Crippen LogP contribution in [0.5, 0.6) is 17.4 Å². The van der Waals surface area contributed by atoms with Gasteiger partial charge in [0.1, 0.15) is 24.7 Å². The van der Waals surface area contributed by atoms with E-state index in [1.807, 2.05) is 79.2 Å². The summed E-state index contributed by atoms with van der Waals surface area (Å²) in [6.07, 6.45) is 7.42. The summed E-state index contributed by atoms with van der Waals surface area (Å²) in [4.78, 5) is 8.83. The maximum absolute atomic E-state index is 6.19. The Morgan fingerprint density at radius 1 is 0.976 bits per heavy atom. The average Bonchev–Trinajstić information content (AvgIpc) is 3.82. The van der Waals surface area contributed by atoms with E-state index in [1.165, 1.54) is 0 Å². The number of hydrogen-bond donors (Lipinski definition) is 0. The number of methoxy groups -OCH3 is 1. The lowest BCUT2D eigenvalue weighted by Crippen LogP contribution is -2.02. The van der Waals surface area contributed by atoms with E-state index in [4.69, 9.17) is 28.1 Å². The van der Waals surface area contributed by atoms with Gasteiger partial charge in [-0.15, -0.1) is 16.4 Å². The van der Waals surface area contributed by atoms with Crippen LogP contribution in [0.25, 0.3) is 29.5 Å². The Labute approximate surface area is 240 Å². The molecule has 10 heteroatoms. The molecule has 0 spiro atoms. The number of ether oxygens (including phenoxy) is 3. The number of thiazole rings is 1. The van der Waals surface area contributed by atoms with Gasteiger partial charge in [0, 0.05) is 11.6 Å². The zero-order chi connectivity index (χ0) is 28.0. The molecule has 0 bridgehead atoms. The number of furan rings is 1. The minimum absolute atomic E-state index is 0.216. The molecule has 41 heavy (non-hydrogen) atoms. The van der Waals surface area contributed by atoms with Crippen LogP contribution in [0.3, 0.4) is 0 Å².